The third-order valence-electron chi connectivity index (χ3n) is 3.92. The van der Waals surface area contributed by atoms with Gasteiger partial charge >= 0.3 is 18.1 Å². The van der Waals surface area contributed by atoms with Crippen LogP contribution in [0.2, 0.25) is 5.02 Å². The number of alkyl halides is 3. The van der Waals surface area contributed by atoms with Crippen molar-refractivity contribution in [1.82, 2.24) is 0 Å². The second-order valence-electron chi connectivity index (χ2n) is 6.40. The van der Waals surface area contributed by atoms with Gasteiger partial charge in [-0.1, -0.05) is 11.6 Å². The predicted molar refractivity (Wildman–Crippen MR) is 98.5 cm³/mol. The van der Waals surface area contributed by atoms with Crippen LogP contribution in [0.1, 0.15) is 30.9 Å². The maximum absolute atomic E-state index is 13.5. The largest absolute Gasteiger partial charge is 0.475 e. The number of halogens is 4. The minimum absolute atomic E-state index is 0.0491. The molecule has 2 atom stereocenters. The number of carbonyl (C=O) groups is 2. The summed E-state index contributed by atoms with van der Waals surface area (Å²) < 4.78 is 55.1. The third-order valence-corrected chi connectivity index (χ3v) is 4.14. The standard InChI is InChI=1S/C18H17ClF3NO8/c1-9-6-12(19)7-11-8-13(16(18(20,21)22)31-15(9)11)17(25)30-10(2)29-14(24)4-3-5-28-23(26)27/h6-8,10,16H,3-5H2,1-2H3/t10-,16?/m0/s1. The van der Waals surface area contributed by atoms with Gasteiger partial charge in [0, 0.05) is 23.9 Å². The van der Waals surface area contributed by atoms with Crippen molar-refractivity contribution in [3.8, 4) is 5.75 Å². The van der Waals surface area contributed by atoms with E-state index in [0.717, 1.165) is 13.0 Å². The van der Waals surface area contributed by atoms with Gasteiger partial charge in [-0.3, -0.25) is 4.79 Å². The van der Waals surface area contributed by atoms with Crippen LogP contribution in [0.5, 0.6) is 5.75 Å². The molecule has 9 nitrogen and oxygen atoms in total. The van der Waals surface area contributed by atoms with Crippen molar-refractivity contribution < 1.29 is 46.9 Å². The summed E-state index contributed by atoms with van der Waals surface area (Å²) in [7, 11) is 0. The maximum atomic E-state index is 13.5. The van der Waals surface area contributed by atoms with Crippen molar-refractivity contribution in [3.63, 3.8) is 0 Å². The zero-order valence-electron chi connectivity index (χ0n) is 16.2. The first-order chi connectivity index (χ1) is 14.4. The molecule has 0 bridgehead atoms. The maximum Gasteiger partial charge on any atom is 0.430 e. The zero-order chi connectivity index (χ0) is 23.3. The molecule has 170 valence electrons. The van der Waals surface area contributed by atoms with Gasteiger partial charge in [-0.2, -0.15) is 13.2 Å². The van der Waals surface area contributed by atoms with Gasteiger partial charge in [0.2, 0.25) is 12.4 Å². The second-order valence-corrected chi connectivity index (χ2v) is 6.84. The highest BCUT2D eigenvalue weighted by atomic mass is 35.5. The van der Waals surface area contributed by atoms with Crippen LogP contribution < -0.4 is 4.74 Å². The normalized spacial score (nSPS) is 16.3. The summed E-state index contributed by atoms with van der Waals surface area (Å²) in [5.74, 6) is -2.36. The van der Waals surface area contributed by atoms with E-state index in [2.05, 4.69) is 4.84 Å². The highest BCUT2D eigenvalue weighted by molar-refractivity contribution is 6.30. The predicted octanol–water partition coefficient (Wildman–Crippen LogP) is 3.78. The highest BCUT2D eigenvalue weighted by Crippen LogP contribution is 2.40. The average Bonchev–Trinajstić information content (AvgIpc) is 2.63. The molecule has 0 amide bonds. The van der Waals surface area contributed by atoms with E-state index < -0.39 is 41.2 Å². The number of aryl methyl sites for hydroxylation is 1. The van der Waals surface area contributed by atoms with Gasteiger partial charge in [-0.15, -0.1) is 10.1 Å². The van der Waals surface area contributed by atoms with Crippen molar-refractivity contribution in [2.24, 2.45) is 0 Å². The average molecular weight is 468 g/mol. The minimum atomic E-state index is -4.93. The van der Waals surface area contributed by atoms with Crippen LogP contribution in [-0.4, -0.2) is 42.2 Å². The van der Waals surface area contributed by atoms with Gasteiger partial charge in [0.15, 0.2) is 0 Å². The number of nitrogens with zero attached hydrogens (tertiary/aromatic N) is 1. The number of carbonyl (C=O) groups excluding carboxylic acids is 2. The molecule has 0 N–H and O–H groups in total. The lowest BCUT2D eigenvalue weighted by Crippen LogP contribution is -2.41. The molecule has 1 aromatic rings. The molecule has 1 heterocycles. The summed E-state index contributed by atoms with van der Waals surface area (Å²) in [5, 5.41) is 9.22. The number of hydrogen-bond donors (Lipinski definition) is 0. The Kier molecular flexibility index (Phi) is 7.71. The molecule has 1 unspecified atom stereocenters. The molecule has 0 fully saturated rings. The van der Waals surface area contributed by atoms with Crippen LogP contribution in [0, 0.1) is 17.0 Å². The Bertz CT molecular complexity index is 903. The molecule has 0 aliphatic carbocycles. The van der Waals surface area contributed by atoms with E-state index in [4.69, 9.17) is 25.8 Å². The first kappa shape index (κ1) is 24.3. The van der Waals surface area contributed by atoms with Crippen molar-refractivity contribution in [2.45, 2.75) is 45.3 Å². The molecule has 0 aromatic heterocycles. The molecule has 13 heteroatoms. The van der Waals surface area contributed by atoms with E-state index in [1.807, 2.05) is 0 Å². The van der Waals surface area contributed by atoms with Gasteiger partial charge in [-0.25, -0.2) is 4.79 Å². The summed E-state index contributed by atoms with van der Waals surface area (Å²) in [6, 6.07) is 2.75. The Morgan fingerprint density at radius 1 is 1.32 bits per heavy atom. The van der Waals surface area contributed by atoms with E-state index in [0.29, 0.717) is 5.56 Å². The van der Waals surface area contributed by atoms with Gasteiger partial charge in [0.25, 0.3) is 5.09 Å². The van der Waals surface area contributed by atoms with E-state index in [9.17, 15) is 32.9 Å². The Hall–Kier alpha value is -3.02. The highest BCUT2D eigenvalue weighted by Gasteiger charge is 2.49. The number of hydrogen-bond acceptors (Lipinski definition) is 8. The molecule has 31 heavy (non-hydrogen) atoms. The molecule has 1 aliphatic rings. The fraction of sp³-hybridized carbons (Fsp3) is 0.444. The Morgan fingerprint density at radius 3 is 2.61 bits per heavy atom. The fourth-order valence-electron chi connectivity index (χ4n) is 2.70. The SMILES string of the molecule is Cc1cc(Cl)cc2c1OC(C(F)(F)F)C(C(=O)O[C@@H](C)OC(=O)CCCO[N+](=O)[O-])=C2. The molecule has 1 aromatic carbocycles. The first-order valence-corrected chi connectivity index (χ1v) is 9.19. The van der Waals surface area contributed by atoms with Crippen molar-refractivity contribution >= 4 is 29.6 Å². The number of ether oxygens (including phenoxy) is 3. The number of benzene rings is 1. The molecule has 2 rings (SSSR count). The number of esters is 2. The lowest BCUT2D eigenvalue weighted by atomic mass is 9.99. The van der Waals surface area contributed by atoms with Crippen LogP contribution in [0.25, 0.3) is 6.08 Å². The number of fused-ring (bicyclic) bond motifs is 1. The van der Waals surface area contributed by atoms with Crippen LogP contribution in [0.3, 0.4) is 0 Å². The van der Waals surface area contributed by atoms with Crippen LogP contribution in [-0.2, 0) is 23.9 Å². The first-order valence-electron chi connectivity index (χ1n) is 8.81. The Labute approximate surface area is 178 Å². The van der Waals surface area contributed by atoms with Crippen LogP contribution in [0.4, 0.5) is 13.2 Å². The van der Waals surface area contributed by atoms with E-state index in [1.165, 1.54) is 19.1 Å². The zero-order valence-corrected chi connectivity index (χ0v) is 17.0. The minimum Gasteiger partial charge on any atom is -0.475 e. The summed E-state index contributed by atoms with van der Waals surface area (Å²) in [6.07, 6.45) is -8.42. The van der Waals surface area contributed by atoms with E-state index in [-0.39, 0.29) is 35.8 Å². The molecular weight excluding hydrogens is 451 g/mol. The van der Waals surface area contributed by atoms with Gasteiger partial charge in [-0.05, 0) is 37.1 Å². The smallest absolute Gasteiger partial charge is 0.430 e. The monoisotopic (exact) mass is 467 g/mol. The second kappa shape index (κ2) is 9.86. The van der Waals surface area contributed by atoms with Crippen molar-refractivity contribution in [3.05, 3.63) is 44.0 Å². The topological polar surface area (TPSA) is 114 Å². The van der Waals surface area contributed by atoms with Crippen molar-refractivity contribution in [1.29, 1.82) is 0 Å². The Balaban J connectivity index is 2.09. The lowest BCUT2D eigenvalue weighted by molar-refractivity contribution is -0.757. The number of rotatable bonds is 8. The fourth-order valence-corrected chi connectivity index (χ4v) is 2.98. The molecule has 1 aliphatic heterocycles. The molecule has 0 spiro atoms. The summed E-state index contributed by atoms with van der Waals surface area (Å²) >= 11 is 5.92. The summed E-state index contributed by atoms with van der Waals surface area (Å²) in [6.45, 7) is 2.29. The molecule has 0 saturated heterocycles. The third kappa shape index (κ3) is 6.74. The van der Waals surface area contributed by atoms with E-state index >= 15 is 0 Å². The molecular formula is C18H17ClF3NO8. The van der Waals surface area contributed by atoms with Gasteiger partial charge in [0.1, 0.15) is 5.75 Å². The van der Waals surface area contributed by atoms with Crippen LogP contribution >= 0.6 is 11.6 Å². The van der Waals surface area contributed by atoms with Crippen LogP contribution in [0.15, 0.2) is 17.7 Å². The Morgan fingerprint density at radius 2 is 2.00 bits per heavy atom. The van der Waals surface area contributed by atoms with Gasteiger partial charge < -0.3 is 19.0 Å². The molecule has 0 radical (unpaired) electrons. The summed E-state index contributed by atoms with van der Waals surface area (Å²) in [4.78, 5) is 38.1. The van der Waals surface area contributed by atoms with Crippen molar-refractivity contribution in [2.75, 3.05) is 6.61 Å². The lowest BCUT2D eigenvalue weighted by Gasteiger charge is -2.29. The quantitative estimate of drug-likeness (QED) is 0.186. The summed E-state index contributed by atoms with van der Waals surface area (Å²) in [5.41, 5.74) is -0.333. The van der Waals surface area contributed by atoms with E-state index in [1.54, 1.807) is 0 Å². The molecule has 0 saturated carbocycles. The van der Waals surface area contributed by atoms with Gasteiger partial charge in [0.05, 0.1) is 12.2 Å².